The van der Waals surface area contributed by atoms with Crippen LogP contribution < -0.4 is 0 Å². The van der Waals surface area contributed by atoms with Gasteiger partial charge in [0.25, 0.3) is 0 Å². The molecule has 0 aliphatic heterocycles. The van der Waals surface area contributed by atoms with Gasteiger partial charge < -0.3 is 4.78 Å². The molecule has 19 heavy (non-hydrogen) atoms. The van der Waals surface area contributed by atoms with Crippen LogP contribution in [0.4, 0.5) is 26.3 Å². The van der Waals surface area contributed by atoms with Gasteiger partial charge in [-0.1, -0.05) is 0 Å². The van der Waals surface area contributed by atoms with Gasteiger partial charge in [0.15, 0.2) is 0 Å². The lowest BCUT2D eigenvalue weighted by molar-refractivity contribution is 0.00734. The molecule has 0 amide bonds. The number of alkyl halides is 6. The largest absolute Gasteiger partial charge is 0.686 e. The molecule has 0 aromatic carbocycles. The van der Waals surface area contributed by atoms with E-state index in [1.54, 1.807) is 0 Å². The molecule has 0 saturated heterocycles. The summed E-state index contributed by atoms with van der Waals surface area (Å²) in [6.45, 7) is -0.512. The highest BCUT2D eigenvalue weighted by Crippen LogP contribution is 1.92. The topological polar surface area (TPSA) is 56.4 Å². The van der Waals surface area contributed by atoms with Crippen LogP contribution in [0.25, 0.3) is 4.78 Å². The van der Waals surface area contributed by atoms with E-state index in [1.807, 2.05) is 0 Å². The smallest absolute Gasteiger partial charge is 0.379 e. The van der Waals surface area contributed by atoms with Crippen LogP contribution in [0, 0.1) is 0 Å². The molecule has 0 aliphatic carbocycles. The summed E-state index contributed by atoms with van der Waals surface area (Å²) in [5.41, 5.74) is 0. The third-order valence-electron chi connectivity index (χ3n) is 1.22. The molecule has 120 valence electrons. The Balaban J connectivity index is -0.0000000825. The molecule has 0 bridgehead atoms. The number of hydrogen-bond acceptors (Lipinski definition) is 2. The quantitative estimate of drug-likeness (QED) is 0.583. The molecule has 0 unspecified atom stereocenters. The number of halogens is 6. The fourth-order valence-electron chi connectivity index (χ4n) is 0.612. The van der Waals surface area contributed by atoms with Crippen LogP contribution in [0.5, 0.6) is 0 Å². The third-order valence-corrected chi connectivity index (χ3v) is 3.67. The van der Waals surface area contributed by atoms with Crippen LogP contribution in [0.15, 0.2) is 0 Å². The summed E-state index contributed by atoms with van der Waals surface area (Å²) >= 11 is 0. The summed E-state index contributed by atoms with van der Waals surface area (Å²) in [5.74, 6) is 4.15. The van der Waals surface area contributed by atoms with Gasteiger partial charge in [0.1, 0.15) is 27.8 Å². The lowest BCUT2D eigenvalue weighted by Gasteiger charge is -1.96. The Kier molecular flexibility index (Phi) is 32.3. The lowest BCUT2D eigenvalue weighted by atomic mass is 10.9. The van der Waals surface area contributed by atoms with Crippen LogP contribution in [-0.4, -0.2) is 39.0 Å². The molecule has 0 aromatic rings. The van der Waals surface area contributed by atoms with Crippen molar-refractivity contribution in [3.63, 3.8) is 0 Å². The van der Waals surface area contributed by atoms with Gasteiger partial charge in [-0.15, -0.1) is 0 Å². The summed E-state index contributed by atoms with van der Waals surface area (Å²) in [6.07, 6.45) is 0. The average Bonchev–Trinajstić information content (AvgIpc) is 2.17. The predicted octanol–water partition coefficient (Wildman–Crippen LogP) is 3.64. The van der Waals surface area contributed by atoms with Crippen molar-refractivity contribution < 1.29 is 34.8 Å². The molecule has 0 atom stereocenters. The Bertz CT molecular complexity index is 221. The fourth-order valence-corrected chi connectivity index (χ4v) is 1.84. The minimum Gasteiger partial charge on any atom is -0.686 e. The van der Waals surface area contributed by atoms with Crippen LogP contribution in [0.2, 0.25) is 0 Å². The van der Waals surface area contributed by atoms with Crippen molar-refractivity contribution in [3.8, 4) is 0 Å². The van der Waals surface area contributed by atoms with Gasteiger partial charge in [0.05, 0.1) is 0 Å². The molecule has 3 nitrogen and oxygen atoms in total. The summed E-state index contributed by atoms with van der Waals surface area (Å²) < 4.78 is 82.1. The molecule has 0 heterocycles. The molecule has 11 heteroatoms. The highest BCUT2D eigenvalue weighted by molar-refractivity contribution is 7.96. The highest BCUT2D eigenvalue weighted by Gasteiger charge is 2.05. The van der Waals surface area contributed by atoms with E-state index >= 15 is 0 Å². The zero-order valence-corrected chi connectivity index (χ0v) is 12.3. The number of nitrogens with zero attached hydrogens (tertiary/aromatic N) is 1. The predicted molar refractivity (Wildman–Crippen MR) is 65.5 cm³/mol. The van der Waals surface area contributed by atoms with E-state index < -0.39 is 23.9 Å². The van der Waals surface area contributed by atoms with Crippen LogP contribution >= 0.6 is 0 Å². The van der Waals surface area contributed by atoms with Crippen LogP contribution in [0.1, 0.15) is 20.8 Å². The second-order valence-corrected chi connectivity index (χ2v) is 5.58. The Labute approximate surface area is 113 Å². The van der Waals surface area contributed by atoms with Crippen molar-refractivity contribution in [1.82, 2.24) is 0 Å². The van der Waals surface area contributed by atoms with Crippen molar-refractivity contribution in [2.24, 2.45) is 0 Å². The highest BCUT2D eigenvalue weighted by atomic mass is 32.2. The minimum atomic E-state index is -3.67. The average molecular weight is 337 g/mol. The normalized spacial score (nSPS) is 8.84. The molecule has 0 rings (SSSR count). The fraction of sp³-hybridized carbons (Fsp3) is 1.00. The summed E-state index contributed by atoms with van der Waals surface area (Å²) in [5, 5.41) is 0. The molecule has 0 saturated carbocycles. The van der Waals surface area contributed by atoms with Gasteiger partial charge >= 0.3 is 13.4 Å². The Morgan fingerprint density at radius 3 is 0.947 bits per heavy atom. The molecule has 0 spiro atoms. The van der Waals surface area contributed by atoms with Crippen LogP contribution in [0.3, 0.4) is 0 Å². The molecule has 0 radical (unpaired) electrons. The standard InChI is InChI=1S/C6H15S.2CHF3.NO2S/c1-4-7(5-2)6-3;2*2-1(3)4;1-4(2)3/h4-6H2,1-3H3;2*1H;/q+1;;;-1. The van der Waals surface area contributed by atoms with E-state index in [0.717, 1.165) is 10.9 Å². The van der Waals surface area contributed by atoms with E-state index in [4.69, 9.17) is 13.2 Å². The maximum atomic E-state index is 9.67. The summed E-state index contributed by atoms with van der Waals surface area (Å²) in [6, 6.07) is 0. The lowest BCUT2D eigenvalue weighted by Crippen LogP contribution is -2.09. The molecular weight excluding hydrogens is 320 g/mol. The minimum absolute atomic E-state index is 0.755. The molecule has 0 fully saturated rings. The molecule has 0 N–H and O–H groups in total. The van der Waals surface area contributed by atoms with Crippen molar-refractivity contribution in [2.75, 3.05) is 17.3 Å². The Hall–Kier alpha value is -0.450. The Morgan fingerprint density at radius 2 is 0.947 bits per heavy atom. The first-order chi connectivity index (χ1) is 8.54. The second-order valence-electron chi connectivity index (χ2n) is 2.19. The first kappa shape index (κ1) is 27.0. The molecule has 0 aliphatic rings. The zero-order valence-electron chi connectivity index (χ0n) is 10.6. The van der Waals surface area contributed by atoms with E-state index in [-0.39, 0.29) is 0 Å². The van der Waals surface area contributed by atoms with Crippen molar-refractivity contribution in [3.05, 3.63) is 4.78 Å². The first-order valence-electron chi connectivity index (χ1n) is 4.81. The van der Waals surface area contributed by atoms with Crippen LogP contribution in [-0.2, 0) is 21.4 Å². The van der Waals surface area contributed by atoms with Gasteiger partial charge in [-0.2, -0.15) is 26.3 Å². The number of hydrogen-bond donors (Lipinski definition) is 0. The Morgan fingerprint density at radius 1 is 0.842 bits per heavy atom. The van der Waals surface area contributed by atoms with Gasteiger partial charge in [0.2, 0.25) is 0 Å². The van der Waals surface area contributed by atoms with E-state index in [9.17, 15) is 26.3 Å². The molecule has 0 aromatic heterocycles. The van der Waals surface area contributed by atoms with Gasteiger partial charge in [-0.05, 0) is 31.7 Å². The van der Waals surface area contributed by atoms with Crippen molar-refractivity contribution in [1.29, 1.82) is 0 Å². The van der Waals surface area contributed by atoms with E-state index in [0.29, 0.717) is 0 Å². The third kappa shape index (κ3) is 138. The maximum Gasteiger partial charge on any atom is 0.379 e. The first-order valence-corrected chi connectivity index (χ1v) is 7.58. The van der Waals surface area contributed by atoms with Gasteiger partial charge in [-0.25, -0.2) is 8.42 Å². The maximum absolute atomic E-state index is 9.67. The van der Waals surface area contributed by atoms with Gasteiger partial charge in [-0.3, -0.25) is 0 Å². The monoisotopic (exact) mass is 337 g/mol. The SMILES string of the molecule is CC[S+](CC)CC.FC(F)F.FC(F)F.[N-]=S(=O)=O. The van der Waals surface area contributed by atoms with Gasteiger partial charge in [0, 0.05) is 0 Å². The van der Waals surface area contributed by atoms with Crippen molar-refractivity contribution >= 4 is 21.4 Å². The number of rotatable bonds is 3. The van der Waals surface area contributed by atoms with Crippen molar-refractivity contribution in [2.45, 2.75) is 34.1 Å². The molecular formula is C8H17F6NO2S2. The second kappa shape index (κ2) is 22.7. The zero-order chi connectivity index (χ0) is 16.4. The van der Waals surface area contributed by atoms with E-state index in [1.165, 1.54) is 17.3 Å². The summed E-state index contributed by atoms with van der Waals surface area (Å²) in [7, 11) is -2.11. The summed E-state index contributed by atoms with van der Waals surface area (Å²) in [4.78, 5) is 0. The van der Waals surface area contributed by atoms with E-state index in [2.05, 4.69) is 20.8 Å².